The summed E-state index contributed by atoms with van der Waals surface area (Å²) in [5, 5.41) is 11.5. The maximum Gasteiger partial charge on any atom is 0.243 e. The van der Waals surface area contributed by atoms with Crippen molar-refractivity contribution < 1.29 is 9.59 Å². The van der Waals surface area contributed by atoms with Crippen LogP contribution in [0.2, 0.25) is 0 Å². The van der Waals surface area contributed by atoms with Crippen molar-refractivity contribution in [2.45, 2.75) is 31.7 Å². The molecule has 1 atom stereocenters. The Morgan fingerprint density at radius 3 is 2.48 bits per heavy atom. The van der Waals surface area contributed by atoms with Gasteiger partial charge in [-0.15, -0.1) is 10.2 Å². The van der Waals surface area contributed by atoms with Crippen LogP contribution in [-0.4, -0.2) is 41.1 Å². The van der Waals surface area contributed by atoms with Gasteiger partial charge in [-0.3, -0.25) is 15.0 Å². The SMILES string of the molecule is O=C1CCC(C(=O)Nc2ccc(-c3ccc(N4CCCC4)nn3)cc2)NN1. The van der Waals surface area contributed by atoms with Crippen molar-refractivity contribution >= 4 is 23.3 Å². The minimum absolute atomic E-state index is 0.0970. The Morgan fingerprint density at radius 1 is 1.07 bits per heavy atom. The second-order valence-electron chi connectivity index (χ2n) is 6.82. The molecule has 2 amide bonds. The number of rotatable bonds is 4. The van der Waals surface area contributed by atoms with E-state index in [4.69, 9.17) is 0 Å². The average Bonchev–Trinajstić information content (AvgIpc) is 3.24. The largest absolute Gasteiger partial charge is 0.355 e. The molecular weight excluding hydrogens is 344 g/mol. The Labute approximate surface area is 157 Å². The lowest BCUT2D eigenvalue weighted by Crippen LogP contribution is -2.54. The van der Waals surface area contributed by atoms with Crippen LogP contribution >= 0.6 is 0 Å². The molecule has 1 aromatic carbocycles. The van der Waals surface area contributed by atoms with Gasteiger partial charge in [0.1, 0.15) is 6.04 Å². The van der Waals surface area contributed by atoms with Crippen molar-refractivity contribution in [3.8, 4) is 11.3 Å². The first-order valence-electron chi connectivity index (χ1n) is 9.23. The molecule has 2 aliphatic rings. The van der Waals surface area contributed by atoms with E-state index in [-0.39, 0.29) is 11.8 Å². The Bertz CT molecular complexity index is 805. The van der Waals surface area contributed by atoms with E-state index in [2.05, 4.69) is 31.3 Å². The molecule has 8 nitrogen and oxygen atoms in total. The zero-order chi connectivity index (χ0) is 18.6. The summed E-state index contributed by atoms with van der Waals surface area (Å²) in [7, 11) is 0. The lowest BCUT2D eigenvalue weighted by molar-refractivity contribution is -0.126. The maximum absolute atomic E-state index is 12.2. The van der Waals surface area contributed by atoms with Crippen LogP contribution in [0.25, 0.3) is 11.3 Å². The van der Waals surface area contributed by atoms with Gasteiger partial charge in [0.05, 0.1) is 5.69 Å². The van der Waals surface area contributed by atoms with E-state index in [1.165, 1.54) is 12.8 Å². The second-order valence-corrected chi connectivity index (χ2v) is 6.82. The number of aromatic nitrogens is 2. The fourth-order valence-corrected chi connectivity index (χ4v) is 3.32. The topological polar surface area (TPSA) is 99.2 Å². The van der Waals surface area contributed by atoms with Crippen LogP contribution in [-0.2, 0) is 9.59 Å². The molecule has 27 heavy (non-hydrogen) atoms. The van der Waals surface area contributed by atoms with E-state index in [9.17, 15) is 9.59 Å². The highest BCUT2D eigenvalue weighted by atomic mass is 16.2. The molecule has 2 aromatic rings. The number of nitrogens with zero attached hydrogens (tertiary/aromatic N) is 3. The van der Waals surface area contributed by atoms with Gasteiger partial charge in [-0.2, -0.15) is 0 Å². The average molecular weight is 366 g/mol. The molecule has 2 fully saturated rings. The van der Waals surface area contributed by atoms with Crippen LogP contribution in [0.5, 0.6) is 0 Å². The van der Waals surface area contributed by atoms with Crippen LogP contribution in [0.4, 0.5) is 11.5 Å². The second kappa shape index (κ2) is 7.71. The van der Waals surface area contributed by atoms with Gasteiger partial charge in [0.15, 0.2) is 5.82 Å². The van der Waals surface area contributed by atoms with Crippen LogP contribution in [0.3, 0.4) is 0 Å². The Balaban J connectivity index is 1.38. The lowest BCUT2D eigenvalue weighted by atomic mass is 10.1. The molecule has 8 heteroatoms. The first-order valence-corrected chi connectivity index (χ1v) is 9.23. The fraction of sp³-hybridized carbons (Fsp3) is 0.368. The minimum atomic E-state index is -0.425. The third-order valence-corrected chi connectivity index (χ3v) is 4.89. The predicted octanol–water partition coefficient (Wildman–Crippen LogP) is 1.47. The summed E-state index contributed by atoms with van der Waals surface area (Å²) in [5.41, 5.74) is 7.64. The Kier molecular flexibility index (Phi) is 4.97. The van der Waals surface area contributed by atoms with Gasteiger partial charge < -0.3 is 10.2 Å². The van der Waals surface area contributed by atoms with Crippen molar-refractivity contribution in [2.24, 2.45) is 0 Å². The van der Waals surface area contributed by atoms with Gasteiger partial charge in [-0.05, 0) is 43.5 Å². The zero-order valence-corrected chi connectivity index (χ0v) is 14.9. The molecule has 2 aliphatic heterocycles. The molecule has 140 valence electrons. The number of hydrogen-bond acceptors (Lipinski definition) is 6. The highest BCUT2D eigenvalue weighted by Gasteiger charge is 2.24. The van der Waals surface area contributed by atoms with Crippen LogP contribution in [0, 0.1) is 0 Å². The highest BCUT2D eigenvalue weighted by Crippen LogP contribution is 2.22. The first kappa shape index (κ1) is 17.4. The van der Waals surface area contributed by atoms with Gasteiger partial charge in [0.2, 0.25) is 11.8 Å². The van der Waals surface area contributed by atoms with E-state index >= 15 is 0 Å². The third kappa shape index (κ3) is 4.06. The molecule has 0 bridgehead atoms. The molecular formula is C19H22N6O2. The van der Waals surface area contributed by atoms with Crippen LogP contribution in [0.15, 0.2) is 36.4 Å². The molecule has 3 N–H and O–H groups in total. The summed E-state index contributed by atoms with van der Waals surface area (Å²) in [6, 6.07) is 11.0. The van der Waals surface area contributed by atoms with Crippen molar-refractivity contribution in [3.05, 3.63) is 36.4 Å². The minimum Gasteiger partial charge on any atom is -0.355 e. The van der Waals surface area contributed by atoms with Crippen molar-refractivity contribution in [1.29, 1.82) is 0 Å². The molecule has 0 radical (unpaired) electrons. The van der Waals surface area contributed by atoms with E-state index in [1.54, 1.807) is 0 Å². The number of nitrogens with one attached hydrogen (secondary N) is 3. The quantitative estimate of drug-likeness (QED) is 0.758. The molecule has 4 rings (SSSR count). The summed E-state index contributed by atoms with van der Waals surface area (Å²) in [6.07, 6.45) is 3.24. The summed E-state index contributed by atoms with van der Waals surface area (Å²) < 4.78 is 0. The number of hydrazine groups is 1. The molecule has 3 heterocycles. The van der Waals surface area contributed by atoms with Crippen LogP contribution in [0.1, 0.15) is 25.7 Å². The zero-order valence-electron chi connectivity index (χ0n) is 14.9. The number of anilines is 2. The van der Waals surface area contributed by atoms with Gasteiger partial charge in [0.25, 0.3) is 0 Å². The summed E-state index contributed by atoms with van der Waals surface area (Å²) in [6.45, 7) is 2.09. The maximum atomic E-state index is 12.2. The van der Waals surface area contributed by atoms with Crippen LogP contribution < -0.4 is 21.1 Å². The number of amides is 2. The lowest BCUT2D eigenvalue weighted by Gasteiger charge is -2.22. The standard InChI is InChI=1S/C19H22N6O2/c26-18-10-8-16(22-24-18)19(27)20-14-5-3-13(4-6-14)15-7-9-17(23-21-15)25-11-1-2-12-25/h3-7,9,16,22H,1-2,8,10-12H2,(H,20,27)(H,24,26). The predicted molar refractivity (Wildman–Crippen MR) is 102 cm³/mol. The monoisotopic (exact) mass is 366 g/mol. The van der Waals surface area contributed by atoms with Crippen molar-refractivity contribution in [1.82, 2.24) is 21.0 Å². The van der Waals surface area contributed by atoms with Gasteiger partial charge in [-0.25, -0.2) is 5.43 Å². The van der Waals surface area contributed by atoms with Gasteiger partial charge >= 0.3 is 0 Å². The fourth-order valence-electron chi connectivity index (χ4n) is 3.32. The smallest absolute Gasteiger partial charge is 0.243 e. The van der Waals surface area contributed by atoms with Gasteiger partial charge in [0, 0.05) is 30.8 Å². The van der Waals surface area contributed by atoms with E-state index in [0.29, 0.717) is 18.5 Å². The summed E-state index contributed by atoms with van der Waals surface area (Å²) in [4.78, 5) is 25.6. The normalized spacial score (nSPS) is 19.6. The Morgan fingerprint density at radius 2 is 1.85 bits per heavy atom. The molecule has 2 saturated heterocycles. The number of benzene rings is 1. The van der Waals surface area contributed by atoms with Crippen molar-refractivity contribution in [3.63, 3.8) is 0 Å². The molecule has 0 spiro atoms. The van der Waals surface area contributed by atoms with Gasteiger partial charge in [-0.1, -0.05) is 12.1 Å². The van der Waals surface area contributed by atoms with E-state index < -0.39 is 6.04 Å². The molecule has 0 saturated carbocycles. The number of carbonyl (C=O) groups is 2. The highest BCUT2D eigenvalue weighted by molar-refractivity contribution is 5.96. The van der Waals surface area contributed by atoms with E-state index in [1.807, 2.05) is 36.4 Å². The summed E-state index contributed by atoms with van der Waals surface area (Å²) >= 11 is 0. The number of hydrogen-bond donors (Lipinski definition) is 3. The third-order valence-electron chi connectivity index (χ3n) is 4.89. The molecule has 1 aromatic heterocycles. The first-order chi connectivity index (χ1) is 13.2. The van der Waals surface area contributed by atoms with E-state index in [0.717, 1.165) is 30.2 Å². The Hall–Kier alpha value is -3.00. The number of carbonyl (C=O) groups excluding carboxylic acids is 2. The van der Waals surface area contributed by atoms with Crippen molar-refractivity contribution in [2.75, 3.05) is 23.3 Å². The molecule has 1 unspecified atom stereocenters. The summed E-state index contributed by atoms with van der Waals surface area (Å²) in [5.74, 6) is 0.657. The molecule has 0 aliphatic carbocycles.